The fraction of sp³-hybridized carbons (Fsp3) is 0.650. The summed E-state index contributed by atoms with van der Waals surface area (Å²) in [6, 6.07) is 6.63. The van der Waals surface area contributed by atoms with Crippen LogP contribution < -0.4 is 10.6 Å². The highest BCUT2D eigenvalue weighted by Crippen LogP contribution is 2.12. The first kappa shape index (κ1) is 19.7. The normalized spacial score (nSPS) is 17.7. The molecule has 0 amide bonds. The Morgan fingerprint density at radius 3 is 2.84 bits per heavy atom. The number of guanidine groups is 1. The van der Waals surface area contributed by atoms with E-state index in [4.69, 9.17) is 9.47 Å². The van der Waals surface area contributed by atoms with E-state index in [1.165, 1.54) is 16.7 Å². The van der Waals surface area contributed by atoms with Crippen LogP contribution in [0.4, 0.5) is 0 Å². The predicted molar refractivity (Wildman–Crippen MR) is 103 cm³/mol. The van der Waals surface area contributed by atoms with Crippen LogP contribution in [0, 0.1) is 19.8 Å². The molecule has 1 aromatic rings. The van der Waals surface area contributed by atoms with Gasteiger partial charge in [-0.3, -0.25) is 4.99 Å². The molecule has 1 saturated heterocycles. The van der Waals surface area contributed by atoms with Gasteiger partial charge in [0.2, 0.25) is 0 Å². The summed E-state index contributed by atoms with van der Waals surface area (Å²) in [6.45, 7) is 9.40. The highest BCUT2D eigenvalue weighted by atomic mass is 16.5. The Morgan fingerprint density at radius 1 is 1.28 bits per heavy atom. The topological polar surface area (TPSA) is 54.9 Å². The second-order valence-corrected chi connectivity index (χ2v) is 6.76. The fourth-order valence-electron chi connectivity index (χ4n) is 3.01. The largest absolute Gasteiger partial charge is 0.381 e. The van der Waals surface area contributed by atoms with E-state index in [1.807, 2.05) is 7.05 Å². The van der Waals surface area contributed by atoms with Crippen molar-refractivity contribution in [2.75, 3.05) is 46.6 Å². The summed E-state index contributed by atoms with van der Waals surface area (Å²) in [5, 5.41) is 6.72. The number of benzene rings is 1. The SMILES string of the molecule is CN=C(NCCCOCC1CCOC1)NCCc1ccc(C)cc1C. The number of nitrogens with one attached hydrogen (secondary N) is 2. The summed E-state index contributed by atoms with van der Waals surface area (Å²) >= 11 is 0. The van der Waals surface area contributed by atoms with Gasteiger partial charge in [-0.15, -0.1) is 0 Å². The van der Waals surface area contributed by atoms with Crippen molar-refractivity contribution in [2.24, 2.45) is 10.9 Å². The molecule has 1 fully saturated rings. The molecule has 2 N–H and O–H groups in total. The number of rotatable bonds is 9. The summed E-state index contributed by atoms with van der Waals surface area (Å²) < 4.78 is 11.1. The molecule has 0 aromatic heterocycles. The Kier molecular flexibility index (Phi) is 8.77. The monoisotopic (exact) mass is 347 g/mol. The second kappa shape index (κ2) is 11.1. The van der Waals surface area contributed by atoms with Gasteiger partial charge in [0.05, 0.1) is 13.2 Å². The first-order chi connectivity index (χ1) is 12.2. The molecule has 1 atom stereocenters. The average Bonchev–Trinajstić information content (AvgIpc) is 3.11. The first-order valence-electron chi connectivity index (χ1n) is 9.35. The van der Waals surface area contributed by atoms with E-state index >= 15 is 0 Å². The van der Waals surface area contributed by atoms with Gasteiger partial charge in [0.25, 0.3) is 0 Å². The molecular formula is C20H33N3O2. The zero-order valence-electron chi connectivity index (χ0n) is 15.9. The van der Waals surface area contributed by atoms with E-state index in [1.54, 1.807) is 0 Å². The third-order valence-electron chi connectivity index (χ3n) is 4.54. The van der Waals surface area contributed by atoms with Crippen molar-refractivity contribution in [3.8, 4) is 0 Å². The van der Waals surface area contributed by atoms with Crippen LogP contribution in [-0.4, -0.2) is 52.5 Å². The Morgan fingerprint density at radius 2 is 2.12 bits per heavy atom. The first-order valence-corrected chi connectivity index (χ1v) is 9.35. The van der Waals surface area contributed by atoms with Gasteiger partial charge in [-0.1, -0.05) is 23.8 Å². The fourth-order valence-corrected chi connectivity index (χ4v) is 3.01. The number of ether oxygens (including phenoxy) is 2. The van der Waals surface area contributed by atoms with E-state index in [0.717, 1.165) is 64.7 Å². The lowest BCUT2D eigenvalue weighted by Gasteiger charge is -2.13. The second-order valence-electron chi connectivity index (χ2n) is 6.76. The minimum atomic E-state index is 0.590. The van der Waals surface area contributed by atoms with E-state index in [9.17, 15) is 0 Å². The zero-order valence-corrected chi connectivity index (χ0v) is 15.9. The quantitative estimate of drug-likeness (QED) is 0.409. The van der Waals surface area contributed by atoms with Crippen LogP contribution in [0.25, 0.3) is 0 Å². The Labute approximate surface area is 152 Å². The molecule has 2 rings (SSSR count). The van der Waals surface area contributed by atoms with Gasteiger partial charge in [0.15, 0.2) is 5.96 Å². The lowest BCUT2D eigenvalue weighted by Crippen LogP contribution is -2.39. The van der Waals surface area contributed by atoms with Crippen LogP contribution in [0.2, 0.25) is 0 Å². The van der Waals surface area contributed by atoms with Gasteiger partial charge in [-0.25, -0.2) is 0 Å². The number of nitrogens with zero attached hydrogens (tertiary/aromatic N) is 1. The van der Waals surface area contributed by atoms with Gasteiger partial charge >= 0.3 is 0 Å². The molecule has 1 unspecified atom stereocenters. The maximum Gasteiger partial charge on any atom is 0.190 e. The summed E-state index contributed by atoms with van der Waals surface area (Å²) in [5.74, 6) is 1.45. The standard InChI is InChI=1S/C20H33N3O2/c1-16-5-6-19(17(2)13-16)7-10-23-20(21-3)22-9-4-11-24-14-18-8-12-25-15-18/h5-6,13,18H,4,7-12,14-15H2,1-3H3,(H2,21,22,23). The molecular weight excluding hydrogens is 314 g/mol. The van der Waals surface area contributed by atoms with E-state index in [0.29, 0.717) is 5.92 Å². The maximum absolute atomic E-state index is 5.71. The van der Waals surface area contributed by atoms with Crippen LogP contribution in [0.3, 0.4) is 0 Å². The van der Waals surface area contributed by atoms with E-state index < -0.39 is 0 Å². The summed E-state index contributed by atoms with van der Waals surface area (Å²) in [4.78, 5) is 4.27. The minimum Gasteiger partial charge on any atom is -0.381 e. The van der Waals surface area contributed by atoms with Gasteiger partial charge < -0.3 is 20.1 Å². The molecule has 5 heteroatoms. The van der Waals surface area contributed by atoms with Gasteiger partial charge in [0, 0.05) is 39.3 Å². The van der Waals surface area contributed by atoms with Crippen molar-refractivity contribution in [3.05, 3.63) is 34.9 Å². The minimum absolute atomic E-state index is 0.590. The van der Waals surface area contributed by atoms with Crippen LogP contribution in [0.1, 0.15) is 29.5 Å². The number of hydrogen-bond acceptors (Lipinski definition) is 3. The Balaban J connectivity index is 1.54. The molecule has 1 heterocycles. The summed E-state index contributed by atoms with van der Waals surface area (Å²) in [6.07, 6.45) is 3.11. The lowest BCUT2D eigenvalue weighted by atomic mass is 10.0. The number of hydrogen-bond donors (Lipinski definition) is 2. The third kappa shape index (κ3) is 7.45. The van der Waals surface area contributed by atoms with Crippen molar-refractivity contribution >= 4 is 5.96 Å². The Hall–Kier alpha value is -1.59. The zero-order chi connectivity index (χ0) is 17.9. The van der Waals surface area contributed by atoms with Gasteiger partial charge in [0.1, 0.15) is 0 Å². The van der Waals surface area contributed by atoms with Gasteiger partial charge in [-0.05, 0) is 44.2 Å². The number of aryl methyl sites for hydroxylation is 2. The van der Waals surface area contributed by atoms with Crippen LogP contribution in [0.5, 0.6) is 0 Å². The Bertz CT molecular complexity index is 540. The van der Waals surface area contributed by atoms with Crippen molar-refractivity contribution < 1.29 is 9.47 Å². The smallest absolute Gasteiger partial charge is 0.190 e. The summed E-state index contributed by atoms with van der Waals surface area (Å²) in [7, 11) is 1.81. The molecule has 5 nitrogen and oxygen atoms in total. The molecule has 140 valence electrons. The van der Waals surface area contributed by atoms with Crippen molar-refractivity contribution in [1.29, 1.82) is 0 Å². The van der Waals surface area contributed by atoms with Crippen molar-refractivity contribution in [1.82, 2.24) is 10.6 Å². The number of aliphatic imine (C=N–C) groups is 1. The van der Waals surface area contributed by atoms with Crippen LogP contribution >= 0.6 is 0 Å². The van der Waals surface area contributed by atoms with Gasteiger partial charge in [-0.2, -0.15) is 0 Å². The molecule has 0 spiro atoms. The molecule has 0 bridgehead atoms. The third-order valence-corrected chi connectivity index (χ3v) is 4.54. The van der Waals surface area contributed by atoms with Crippen molar-refractivity contribution in [2.45, 2.75) is 33.1 Å². The molecule has 0 saturated carbocycles. The van der Waals surface area contributed by atoms with E-state index in [-0.39, 0.29) is 0 Å². The molecule has 1 aliphatic rings. The average molecular weight is 348 g/mol. The van der Waals surface area contributed by atoms with E-state index in [2.05, 4.69) is 47.7 Å². The molecule has 25 heavy (non-hydrogen) atoms. The van der Waals surface area contributed by atoms with Crippen molar-refractivity contribution in [3.63, 3.8) is 0 Å². The molecule has 0 aliphatic carbocycles. The predicted octanol–water partition coefficient (Wildman–Crippen LogP) is 2.45. The molecule has 0 radical (unpaired) electrons. The maximum atomic E-state index is 5.71. The van der Waals surface area contributed by atoms with Crippen LogP contribution in [-0.2, 0) is 15.9 Å². The summed E-state index contributed by atoms with van der Waals surface area (Å²) in [5.41, 5.74) is 4.06. The highest BCUT2D eigenvalue weighted by molar-refractivity contribution is 5.79. The molecule has 1 aliphatic heterocycles. The highest BCUT2D eigenvalue weighted by Gasteiger charge is 2.15. The molecule has 1 aromatic carbocycles. The van der Waals surface area contributed by atoms with Crippen LogP contribution in [0.15, 0.2) is 23.2 Å². The lowest BCUT2D eigenvalue weighted by molar-refractivity contribution is 0.0888.